The summed E-state index contributed by atoms with van der Waals surface area (Å²) in [7, 11) is 0. The van der Waals surface area contributed by atoms with Gasteiger partial charge in [0.25, 0.3) is 0 Å². The molecule has 4 aliphatic carbocycles. The van der Waals surface area contributed by atoms with E-state index in [0.717, 1.165) is 19.3 Å². The molecule has 0 spiro atoms. The monoisotopic (exact) mass is 317 g/mol. The SMILES string of the molecule is C[C@@H]1CC[C@H]2C(C[C@@H]3C[C@@]2(O)[C@H]2CC(=O)[C@H]4CCCC[C@@H]4[C@@H]32)N1. The van der Waals surface area contributed by atoms with E-state index in [2.05, 4.69) is 12.2 Å². The lowest BCUT2D eigenvalue weighted by Crippen LogP contribution is -2.59. The van der Waals surface area contributed by atoms with Crippen molar-refractivity contribution >= 4 is 5.78 Å². The Labute approximate surface area is 139 Å². The summed E-state index contributed by atoms with van der Waals surface area (Å²) >= 11 is 0. The summed E-state index contributed by atoms with van der Waals surface area (Å²) in [5.74, 6) is 3.36. The quantitative estimate of drug-likeness (QED) is 0.722. The highest BCUT2D eigenvalue weighted by molar-refractivity contribution is 5.83. The highest BCUT2D eigenvalue weighted by Crippen LogP contribution is 2.64. The molecule has 3 heteroatoms. The Morgan fingerprint density at radius 1 is 1.13 bits per heavy atom. The smallest absolute Gasteiger partial charge is 0.136 e. The Bertz CT molecular complexity index is 520. The molecule has 2 N–H and O–H groups in total. The lowest BCUT2D eigenvalue weighted by molar-refractivity contribution is -0.143. The lowest BCUT2D eigenvalue weighted by atomic mass is 9.58. The molecule has 0 aromatic rings. The van der Waals surface area contributed by atoms with Crippen molar-refractivity contribution in [2.45, 2.75) is 82.4 Å². The van der Waals surface area contributed by atoms with Crippen molar-refractivity contribution in [3.8, 4) is 0 Å². The van der Waals surface area contributed by atoms with Gasteiger partial charge in [-0.1, -0.05) is 12.8 Å². The molecule has 1 heterocycles. The predicted octanol–water partition coefficient (Wildman–Crippen LogP) is 2.91. The average Bonchev–Trinajstić information content (AvgIpc) is 2.76. The molecule has 0 amide bonds. The second-order valence-electron chi connectivity index (χ2n) is 9.46. The molecule has 128 valence electrons. The third-order valence-electron chi connectivity index (χ3n) is 8.48. The van der Waals surface area contributed by atoms with Gasteiger partial charge in [0.15, 0.2) is 0 Å². The minimum atomic E-state index is -0.552. The zero-order valence-corrected chi connectivity index (χ0v) is 14.3. The third-order valence-corrected chi connectivity index (χ3v) is 8.48. The van der Waals surface area contributed by atoms with Gasteiger partial charge in [-0.25, -0.2) is 0 Å². The summed E-state index contributed by atoms with van der Waals surface area (Å²) in [6.45, 7) is 2.28. The Balaban J connectivity index is 1.51. The van der Waals surface area contributed by atoms with Gasteiger partial charge in [-0.05, 0) is 69.1 Å². The lowest BCUT2D eigenvalue weighted by Gasteiger charge is -2.49. The van der Waals surface area contributed by atoms with Crippen LogP contribution in [0.15, 0.2) is 0 Å². The van der Waals surface area contributed by atoms with Gasteiger partial charge < -0.3 is 10.4 Å². The van der Waals surface area contributed by atoms with Crippen LogP contribution in [0.1, 0.15) is 64.7 Å². The zero-order valence-electron chi connectivity index (χ0n) is 14.3. The maximum Gasteiger partial charge on any atom is 0.136 e. The van der Waals surface area contributed by atoms with E-state index in [0.29, 0.717) is 53.9 Å². The summed E-state index contributed by atoms with van der Waals surface area (Å²) in [4.78, 5) is 12.8. The van der Waals surface area contributed by atoms with Crippen molar-refractivity contribution < 1.29 is 9.90 Å². The number of hydrogen-bond acceptors (Lipinski definition) is 3. The highest BCUT2D eigenvalue weighted by Gasteiger charge is 2.65. The van der Waals surface area contributed by atoms with E-state index in [4.69, 9.17) is 0 Å². The van der Waals surface area contributed by atoms with Crippen LogP contribution in [0.2, 0.25) is 0 Å². The van der Waals surface area contributed by atoms with Crippen molar-refractivity contribution in [2.75, 3.05) is 0 Å². The Morgan fingerprint density at radius 2 is 1.96 bits per heavy atom. The van der Waals surface area contributed by atoms with Crippen LogP contribution in [0.5, 0.6) is 0 Å². The standard InChI is InChI=1S/C20H31NO2/c1-11-6-7-15-17(21-11)8-12-10-20(15,23)16-9-18(22)13-4-2-3-5-14(13)19(12)16/h11-17,19,21,23H,2-10H2,1H3/t11-,12-,13+,14+,15+,16+,17?,19-,20+/m1/s1. The molecule has 0 radical (unpaired) electrons. The van der Waals surface area contributed by atoms with Gasteiger partial charge >= 0.3 is 0 Å². The maximum absolute atomic E-state index is 12.8. The van der Waals surface area contributed by atoms with Crippen LogP contribution < -0.4 is 5.32 Å². The Morgan fingerprint density at radius 3 is 2.83 bits per heavy atom. The van der Waals surface area contributed by atoms with Crippen LogP contribution in [-0.4, -0.2) is 28.6 Å². The average molecular weight is 317 g/mol. The number of ketones is 1. The molecule has 23 heavy (non-hydrogen) atoms. The molecule has 5 rings (SSSR count). The topological polar surface area (TPSA) is 49.3 Å². The first-order chi connectivity index (χ1) is 11.1. The Hall–Kier alpha value is -0.410. The normalized spacial score (nSPS) is 58.3. The number of nitrogens with one attached hydrogen (secondary N) is 1. The summed E-state index contributed by atoms with van der Waals surface area (Å²) in [6.07, 6.45) is 10.1. The number of piperidine rings is 1. The molecular formula is C20H31NO2. The van der Waals surface area contributed by atoms with Gasteiger partial charge in [0.2, 0.25) is 0 Å². The number of aliphatic hydroxyl groups is 1. The van der Waals surface area contributed by atoms with E-state index in [1.807, 2.05) is 0 Å². The number of Topliss-reactive ketones (excluding diaryl/α,β-unsaturated/α-hetero) is 1. The minimum absolute atomic E-state index is 0.268. The molecule has 1 unspecified atom stereocenters. The van der Waals surface area contributed by atoms with Crippen LogP contribution in [0, 0.1) is 35.5 Å². The first-order valence-corrected chi connectivity index (χ1v) is 10.1. The van der Waals surface area contributed by atoms with Gasteiger partial charge in [-0.3, -0.25) is 4.79 Å². The first-order valence-electron chi connectivity index (χ1n) is 10.1. The van der Waals surface area contributed by atoms with E-state index in [9.17, 15) is 9.90 Å². The van der Waals surface area contributed by atoms with Gasteiger partial charge in [0.1, 0.15) is 5.78 Å². The molecule has 9 atom stereocenters. The van der Waals surface area contributed by atoms with Gasteiger partial charge in [0.05, 0.1) is 5.60 Å². The molecule has 4 saturated carbocycles. The number of carbonyl (C=O) groups is 1. The number of rotatable bonds is 0. The van der Waals surface area contributed by atoms with Gasteiger partial charge in [-0.2, -0.15) is 0 Å². The number of carbonyl (C=O) groups excluding carboxylic acids is 1. The van der Waals surface area contributed by atoms with Crippen molar-refractivity contribution in [3.05, 3.63) is 0 Å². The van der Waals surface area contributed by atoms with E-state index < -0.39 is 5.60 Å². The molecule has 5 aliphatic rings. The summed E-state index contributed by atoms with van der Waals surface area (Å²) in [5, 5.41) is 15.5. The summed E-state index contributed by atoms with van der Waals surface area (Å²) < 4.78 is 0. The minimum Gasteiger partial charge on any atom is -0.389 e. The molecule has 0 aromatic heterocycles. The zero-order chi connectivity index (χ0) is 15.8. The van der Waals surface area contributed by atoms with Gasteiger partial charge in [-0.15, -0.1) is 0 Å². The molecule has 3 nitrogen and oxygen atoms in total. The third kappa shape index (κ3) is 1.99. The molecule has 1 saturated heterocycles. The van der Waals surface area contributed by atoms with Gasteiger partial charge in [0, 0.05) is 30.3 Å². The number of hydrogen-bond donors (Lipinski definition) is 2. The van der Waals surface area contributed by atoms with Crippen molar-refractivity contribution in [2.24, 2.45) is 35.5 Å². The molecular weight excluding hydrogens is 286 g/mol. The summed E-state index contributed by atoms with van der Waals surface area (Å²) in [6, 6.07) is 1.08. The summed E-state index contributed by atoms with van der Waals surface area (Å²) in [5.41, 5.74) is -0.552. The van der Waals surface area contributed by atoms with E-state index in [1.165, 1.54) is 32.1 Å². The Kier molecular flexibility index (Phi) is 3.27. The van der Waals surface area contributed by atoms with E-state index in [1.54, 1.807) is 0 Å². The molecule has 2 bridgehead atoms. The fourth-order valence-corrected chi connectivity index (χ4v) is 7.74. The first kappa shape index (κ1) is 14.9. The molecule has 5 fully saturated rings. The largest absolute Gasteiger partial charge is 0.389 e. The maximum atomic E-state index is 12.8. The molecule has 1 aliphatic heterocycles. The van der Waals surface area contributed by atoms with Crippen LogP contribution in [0.4, 0.5) is 0 Å². The van der Waals surface area contributed by atoms with Crippen LogP contribution >= 0.6 is 0 Å². The predicted molar refractivity (Wildman–Crippen MR) is 88.8 cm³/mol. The fraction of sp³-hybridized carbons (Fsp3) is 0.950. The second-order valence-corrected chi connectivity index (χ2v) is 9.46. The highest BCUT2D eigenvalue weighted by atomic mass is 16.3. The fourth-order valence-electron chi connectivity index (χ4n) is 7.74. The van der Waals surface area contributed by atoms with Crippen molar-refractivity contribution in [3.63, 3.8) is 0 Å². The van der Waals surface area contributed by atoms with Crippen molar-refractivity contribution in [1.82, 2.24) is 5.32 Å². The molecule has 0 aromatic carbocycles. The van der Waals surface area contributed by atoms with E-state index >= 15 is 0 Å². The van der Waals surface area contributed by atoms with Crippen LogP contribution in [-0.2, 0) is 4.79 Å². The number of fused-ring (bicyclic) bond motifs is 9. The van der Waals surface area contributed by atoms with Crippen molar-refractivity contribution in [1.29, 1.82) is 0 Å². The van der Waals surface area contributed by atoms with E-state index in [-0.39, 0.29) is 5.92 Å². The second kappa shape index (κ2) is 5.05. The van der Waals surface area contributed by atoms with Crippen LogP contribution in [0.25, 0.3) is 0 Å². The van der Waals surface area contributed by atoms with Crippen LogP contribution in [0.3, 0.4) is 0 Å².